The Hall–Kier alpha value is -3.62. The Morgan fingerprint density at radius 1 is 0.550 bits per heavy atom. The van der Waals surface area contributed by atoms with Crippen LogP contribution >= 0.6 is 21.6 Å². The molecule has 0 rings (SSSR count). The van der Waals surface area contributed by atoms with Crippen molar-refractivity contribution in [2.75, 3.05) is 24.6 Å². The van der Waals surface area contributed by atoms with E-state index in [9.17, 15) is 38.4 Å². The normalized spacial score (nSPS) is 13.6. The molecule has 0 aromatic carbocycles. The van der Waals surface area contributed by atoms with E-state index in [0.717, 1.165) is 21.6 Å². The zero-order valence-corrected chi connectivity index (χ0v) is 22.6. The van der Waals surface area contributed by atoms with Crippen molar-refractivity contribution in [2.45, 2.75) is 49.9 Å². The van der Waals surface area contributed by atoms with Crippen LogP contribution < -0.4 is 32.7 Å². The zero-order chi connectivity index (χ0) is 30.8. The minimum Gasteiger partial charge on any atom is -0.481 e. The summed E-state index contributed by atoms with van der Waals surface area (Å²) in [6.07, 6.45) is -1.28. The van der Waals surface area contributed by atoms with Gasteiger partial charge >= 0.3 is 23.9 Å². The maximum Gasteiger partial charge on any atom is 0.322 e. The van der Waals surface area contributed by atoms with Crippen molar-refractivity contribution in [3.05, 3.63) is 0 Å². The van der Waals surface area contributed by atoms with Crippen molar-refractivity contribution in [1.29, 1.82) is 0 Å². The third-order valence-electron chi connectivity index (χ3n) is 4.66. The Balaban J connectivity index is 5.28. The Labute approximate surface area is 235 Å². The highest BCUT2D eigenvalue weighted by molar-refractivity contribution is 8.76. The first-order valence-electron chi connectivity index (χ1n) is 11.4. The van der Waals surface area contributed by atoms with Gasteiger partial charge in [0.2, 0.25) is 23.6 Å². The van der Waals surface area contributed by atoms with Gasteiger partial charge in [0, 0.05) is 24.3 Å². The van der Waals surface area contributed by atoms with E-state index in [1.54, 1.807) is 0 Å². The lowest BCUT2D eigenvalue weighted by molar-refractivity contribution is -0.139. The first-order chi connectivity index (χ1) is 18.6. The number of nitrogens with two attached hydrogens (primary N) is 2. The molecule has 0 bridgehead atoms. The molecule has 0 heterocycles. The molecule has 40 heavy (non-hydrogen) atoms. The summed E-state index contributed by atoms with van der Waals surface area (Å²) >= 11 is 0. The smallest absolute Gasteiger partial charge is 0.322 e. The SMILES string of the molecule is N[C@H](CCC(=O)O)C(=O)N[C@@H](CSSC[C@H](NC(=O)[C@H](N)CCC(=O)O)C(=O)NCC(=O)O)C(=O)NCC(=O)O. The van der Waals surface area contributed by atoms with Crippen LogP contribution in [0.4, 0.5) is 0 Å². The number of amides is 4. The van der Waals surface area contributed by atoms with Gasteiger partial charge in [-0.15, -0.1) is 0 Å². The third-order valence-corrected chi connectivity index (χ3v) is 7.08. The van der Waals surface area contributed by atoms with Gasteiger partial charge in [-0.2, -0.15) is 0 Å². The average Bonchev–Trinajstić information content (AvgIpc) is 2.87. The molecule has 0 radical (unpaired) electrons. The lowest BCUT2D eigenvalue weighted by Crippen LogP contribution is -2.53. The van der Waals surface area contributed by atoms with E-state index in [4.69, 9.17) is 31.9 Å². The average molecular weight is 613 g/mol. The van der Waals surface area contributed by atoms with Gasteiger partial charge in [0.1, 0.15) is 25.2 Å². The Kier molecular flexibility index (Phi) is 17.7. The van der Waals surface area contributed by atoms with Gasteiger partial charge in [-0.3, -0.25) is 38.4 Å². The van der Waals surface area contributed by atoms with E-state index in [0.29, 0.717) is 0 Å². The molecule has 226 valence electrons. The maximum absolute atomic E-state index is 12.4. The number of aliphatic carboxylic acids is 4. The van der Waals surface area contributed by atoms with Crippen LogP contribution in [0.1, 0.15) is 25.7 Å². The van der Waals surface area contributed by atoms with Crippen LogP contribution in [-0.2, 0) is 38.4 Å². The number of rotatable bonds is 21. The predicted octanol–water partition coefficient (Wildman–Crippen LogP) is -3.88. The lowest BCUT2D eigenvalue weighted by atomic mass is 10.1. The van der Waals surface area contributed by atoms with Crippen LogP contribution in [0.5, 0.6) is 0 Å². The van der Waals surface area contributed by atoms with Crippen molar-refractivity contribution in [3.63, 3.8) is 0 Å². The van der Waals surface area contributed by atoms with Gasteiger partial charge in [-0.25, -0.2) is 0 Å². The second-order valence-electron chi connectivity index (χ2n) is 7.99. The van der Waals surface area contributed by atoms with Crippen molar-refractivity contribution < 1.29 is 58.8 Å². The Morgan fingerprint density at radius 3 is 1.15 bits per heavy atom. The highest BCUT2D eigenvalue weighted by atomic mass is 33.1. The molecule has 4 atom stereocenters. The van der Waals surface area contributed by atoms with Crippen LogP contribution in [0, 0.1) is 0 Å². The molecule has 0 aliphatic carbocycles. The second-order valence-corrected chi connectivity index (χ2v) is 10.5. The molecule has 0 aromatic heterocycles. The van der Waals surface area contributed by atoms with E-state index in [1.165, 1.54) is 0 Å². The van der Waals surface area contributed by atoms with Crippen molar-refractivity contribution in [1.82, 2.24) is 21.3 Å². The van der Waals surface area contributed by atoms with Crippen LogP contribution in [0.2, 0.25) is 0 Å². The number of carboxylic acid groups (broad SMARTS) is 4. The molecule has 0 aliphatic heterocycles. The standard InChI is InChI=1S/C20H32N6O12S2/c21-9(1-3-13(27)28)17(35)25-11(19(37)23-5-15(31)32)7-39-40-8-12(20(38)24-6-16(33)34)26-18(36)10(22)2-4-14(29)30/h9-12H,1-8,21-22H2,(H,23,37)(H,24,38)(H,25,35)(H,26,36)(H,27,28)(H,29,30)(H,31,32)(H,33,34)/t9-,10-,11+,12+/m1/s1. The highest BCUT2D eigenvalue weighted by Gasteiger charge is 2.27. The molecule has 0 spiro atoms. The summed E-state index contributed by atoms with van der Waals surface area (Å²) in [4.78, 5) is 92.4. The number of carbonyl (C=O) groups excluding carboxylic acids is 4. The van der Waals surface area contributed by atoms with E-state index in [-0.39, 0.29) is 24.3 Å². The molecular formula is C20H32N6O12S2. The topological polar surface area (TPSA) is 318 Å². The molecular weight excluding hydrogens is 580 g/mol. The first kappa shape index (κ1) is 36.4. The molecule has 0 aromatic rings. The molecule has 0 unspecified atom stereocenters. The number of hydrogen-bond donors (Lipinski definition) is 10. The predicted molar refractivity (Wildman–Crippen MR) is 140 cm³/mol. The Morgan fingerprint density at radius 2 is 0.875 bits per heavy atom. The first-order valence-corrected chi connectivity index (χ1v) is 13.9. The van der Waals surface area contributed by atoms with Crippen LogP contribution in [0.25, 0.3) is 0 Å². The van der Waals surface area contributed by atoms with Gasteiger partial charge in [0.25, 0.3) is 0 Å². The van der Waals surface area contributed by atoms with E-state index >= 15 is 0 Å². The number of hydrogen-bond acceptors (Lipinski definition) is 12. The molecule has 0 fully saturated rings. The van der Waals surface area contributed by atoms with Crippen LogP contribution in [-0.4, -0.2) is 117 Å². The molecule has 12 N–H and O–H groups in total. The van der Waals surface area contributed by atoms with E-state index in [2.05, 4.69) is 21.3 Å². The summed E-state index contributed by atoms with van der Waals surface area (Å²) in [7, 11) is 1.84. The van der Waals surface area contributed by atoms with E-state index in [1.807, 2.05) is 0 Å². The summed E-state index contributed by atoms with van der Waals surface area (Å²) in [5.74, 6) is -8.98. The van der Waals surface area contributed by atoms with Gasteiger partial charge in [0.15, 0.2) is 0 Å². The fourth-order valence-electron chi connectivity index (χ4n) is 2.55. The monoisotopic (exact) mass is 612 g/mol. The highest BCUT2D eigenvalue weighted by Crippen LogP contribution is 2.23. The summed E-state index contributed by atoms with van der Waals surface area (Å²) in [5.41, 5.74) is 11.3. The summed E-state index contributed by atoms with van der Waals surface area (Å²) < 4.78 is 0. The summed E-state index contributed by atoms with van der Waals surface area (Å²) in [6.45, 7) is -1.51. The van der Waals surface area contributed by atoms with Gasteiger partial charge in [0.05, 0.1) is 12.1 Å². The number of carbonyl (C=O) groups is 8. The fraction of sp³-hybridized carbons (Fsp3) is 0.600. The number of carboxylic acids is 4. The molecule has 4 amide bonds. The van der Waals surface area contributed by atoms with Gasteiger partial charge < -0.3 is 53.2 Å². The maximum atomic E-state index is 12.4. The van der Waals surface area contributed by atoms with Crippen molar-refractivity contribution in [2.24, 2.45) is 11.5 Å². The minimum atomic E-state index is -1.36. The Bertz CT molecular complexity index is 879. The van der Waals surface area contributed by atoms with Crippen molar-refractivity contribution >= 4 is 69.1 Å². The van der Waals surface area contributed by atoms with E-state index < -0.39 is 97.6 Å². The minimum absolute atomic E-state index is 0.191. The second kappa shape index (κ2) is 19.4. The zero-order valence-electron chi connectivity index (χ0n) is 21.0. The van der Waals surface area contributed by atoms with Crippen LogP contribution in [0.3, 0.4) is 0 Å². The van der Waals surface area contributed by atoms with Crippen molar-refractivity contribution in [3.8, 4) is 0 Å². The van der Waals surface area contributed by atoms with Gasteiger partial charge in [-0.1, -0.05) is 21.6 Å². The third kappa shape index (κ3) is 17.1. The summed E-state index contributed by atoms with van der Waals surface area (Å²) in [6, 6.07) is -5.19. The number of nitrogens with one attached hydrogen (secondary N) is 4. The lowest BCUT2D eigenvalue weighted by Gasteiger charge is -2.21. The largest absolute Gasteiger partial charge is 0.481 e. The molecule has 18 nitrogen and oxygen atoms in total. The fourth-order valence-corrected chi connectivity index (χ4v) is 4.88. The summed E-state index contributed by atoms with van der Waals surface area (Å²) in [5, 5.41) is 43.8. The molecule has 0 saturated carbocycles. The molecule has 0 saturated heterocycles. The quantitative estimate of drug-likeness (QED) is 0.0437. The molecule has 0 aliphatic rings. The van der Waals surface area contributed by atoms with Gasteiger partial charge in [-0.05, 0) is 12.8 Å². The van der Waals surface area contributed by atoms with Crippen LogP contribution in [0.15, 0.2) is 0 Å². The molecule has 20 heteroatoms.